The van der Waals surface area contributed by atoms with Crippen LogP contribution in [0.25, 0.3) is 11.3 Å². The molecule has 0 unspecified atom stereocenters. The van der Waals surface area contributed by atoms with E-state index in [1.807, 2.05) is 49.9 Å². The van der Waals surface area contributed by atoms with Crippen molar-refractivity contribution in [3.63, 3.8) is 0 Å². The number of hydrogen-bond donors (Lipinski definition) is 1. The molecule has 1 fully saturated rings. The molecule has 0 amide bonds. The van der Waals surface area contributed by atoms with Gasteiger partial charge in [-0.1, -0.05) is 66.7 Å². The first kappa shape index (κ1) is 26.7. The van der Waals surface area contributed by atoms with Gasteiger partial charge in [0.25, 0.3) is 0 Å². The molecule has 4 rings (SSSR count). The molecule has 4 nitrogen and oxygen atoms in total. The Balaban J connectivity index is 0.00000324. The average Bonchev–Trinajstić information content (AvgIpc) is 2.82. The van der Waals surface area contributed by atoms with Crippen LogP contribution in [0.15, 0.2) is 72.1 Å². The number of benzene rings is 2. The van der Waals surface area contributed by atoms with Crippen molar-refractivity contribution in [2.45, 2.75) is 32.6 Å². The second-order valence-corrected chi connectivity index (χ2v) is 9.09. The van der Waals surface area contributed by atoms with E-state index in [1.54, 1.807) is 0 Å². The van der Waals surface area contributed by atoms with Gasteiger partial charge in [-0.2, -0.15) is 5.10 Å². The van der Waals surface area contributed by atoms with Crippen LogP contribution in [0, 0.1) is 13.5 Å². The number of rotatable bonds is 7. The number of nitrogens with one attached hydrogen (secondary N) is 1. The van der Waals surface area contributed by atoms with E-state index in [-0.39, 0.29) is 32.7 Å². The molecule has 2 aromatic rings. The monoisotopic (exact) mass is 548 g/mol. The maximum atomic E-state index is 6.36. The average molecular weight is 549 g/mol. The van der Waals surface area contributed by atoms with E-state index >= 15 is 0 Å². The van der Waals surface area contributed by atoms with Crippen molar-refractivity contribution >= 4 is 29.1 Å². The Hall–Kier alpha value is -1.88. The van der Waals surface area contributed by atoms with Gasteiger partial charge in [0.15, 0.2) is 0 Å². The second kappa shape index (κ2) is 12.2. The molecule has 1 radical (unpaired) electrons. The first-order valence-electron chi connectivity index (χ1n) is 11.5. The van der Waals surface area contributed by atoms with Gasteiger partial charge in [0, 0.05) is 69.7 Å². The maximum Gasteiger partial charge on any atom is 0.0715 e. The minimum atomic E-state index is 0. The zero-order chi connectivity index (χ0) is 23.4. The van der Waals surface area contributed by atoms with E-state index < -0.39 is 0 Å². The van der Waals surface area contributed by atoms with Crippen molar-refractivity contribution in [3.8, 4) is 0 Å². The van der Waals surface area contributed by atoms with Gasteiger partial charge in [0.2, 0.25) is 0 Å². The summed E-state index contributed by atoms with van der Waals surface area (Å²) < 4.78 is 0. The molecule has 34 heavy (non-hydrogen) atoms. The third-order valence-corrected chi connectivity index (χ3v) is 6.68. The van der Waals surface area contributed by atoms with Gasteiger partial charge in [-0.3, -0.25) is 5.01 Å². The molecule has 0 bridgehead atoms. The number of piperidine rings is 1. The summed E-state index contributed by atoms with van der Waals surface area (Å²) in [7, 11) is 1.95. The topological polar surface area (TPSA) is 30.9 Å². The number of halogens is 1. The Morgan fingerprint density at radius 1 is 1.12 bits per heavy atom. The van der Waals surface area contributed by atoms with Gasteiger partial charge >= 0.3 is 0 Å². The molecule has 175 valence electrons. The number of nitrogens with zero attached hydrogens (tertiary/aromatic N) is 3. The Labute approximate surface area is 234 Å². The van der Waals surface area contributed by atoms with Gasteiger partial charge in [-0.25, -0.2) is 6.54 Å². The molecule has 0 saturated carbocycles. The van der Waals surface area contributed by atoms with Gasteiger partial charge in [0.1, 0.15) is 0 Å². The van der Waals surface area contributed by atoms with Crippen LogP contribution in [0.4, 0.5) is 0 Å². The summed E-state index contributed by atoms with van der Waals surface area (Å²) in [4.78, 5) is 2.45. The Morgan fingerprint density at radius 2 is 1.82 bits per heavy atom. The molecule has 1 N–H and O–H groups in total. The Kier molecular flexibility index (Phi) is 9.59. The van der Waals surface area contributed by atoms with Crippen molar-refractivity contribution in [3.05, 3.63) is 101 Å². The minimum Gasteiger partial charge on any atom is -0.535 e. The minimum absolute atomic E-state index is 0. The molecular formula is C28H32ClN4Y-. The van der Waals surface area contributed by atoms with Crippen LogP contribution in [0.5, 0.6) is 0 Å². The molecule has 0 spiro atoms. The summed E-state index contributed by atoms with van der Waals surface area (Å²) in [6.45, 7) is 14.7. The number of hydrazone groups is 1. The molecule has 0 aliphatic carbocycles. The standard InChI is InChI=1S/C28H32ClN4.Y/c1-20-9-8-10-25(29)27(20)21(2)30-16-15-23-11-13-24(14-12-23)28-22(3)32(4)31-19-26(28)33-17-6-5-7-18-33;/h8-14,16,19,30H,2-3,5-7,15,17-18H2,1,4H3;/q-1;. The van der Waals surface area contributed by atoms with E-state index in [1.165, 1.54) is 41.7 Å². The summed E-state index contributed by atoms with van der Waals surface area (Å²) in [6.07, 6.45) is 6.53. The number of hydrogen-bond acceptors (Lipinski definition) is 4. The zero-order valence-electron chi connectivity index (χ0n) is 20.1. The molecular weight excluding hydrogens is 517 g/mol. The quantitative estimate of drug-likeness (QED) is 0.415. The summed E-state index contributed by atoms with van der Waals surface area (Å²) >= 11 is 6.36. The van der Waals surface area contributed by atoms with Crippen LogP contribution in [-0.4, -0.2) is 36.3 Å². The first-order valence-corrected chi connectivity index (χ1v) is 11.9. The van der Waals surface area contributed by atoms with E-state index in [4.69, 9.17) is 11.6 Å². The van der Waals surface area contributed by atoms with Crippen LogP contribution in [0.2, 0.25) is 5.02 Å². The summed E-state index contributed by atoms with van der Waals surface area (Å²) in [5.74, 6) is 0. The molecule has 1 saturated heterocycles. The molecule has 2 heterocycles. The fourth-order valence-electron chi connectivity index (χ4n) is 4.46. The first-order chi connectivity index (χ1) is 16.0. The number of allylic oxidation sites excluding steroid dienone is 2. The van der Waals surface area contributed by atoms with Crippen molar-refractivity contribution in [1.82, 2.24) is 15.2 Å². The SMILES string of the molecule is C=C(N[CH-]Cc1ccc(C2=C(N3CCCCC3)C=NN(C)C2=C)cc1)c1c(C)cccc1Cl.[Y]. The largest absolute Gasteiger partial charge is 0.535 e. The second-order valence-electron chi connectivity index (χ2n) is 8.68. The smallest absolute Gasteiger partial charge is 0.0715 e. The van der Waals surface area contributed by atoms with E-state index in [9.17, 15) is 0 Å². The fraction of sp³-hybridized carbons (Fsp3) is 0.286. The van der Waals surface area contributed by atoms with Crippen LogP contribution in [0.1, 0.15) is 41.5 Å². The van der Waals surface area contributed by atoms with Crippen molar-refractivity contribution in [1.29, 1.82) is 0 Å². The third kappa shape index (κ3) is 6.02. The molecule has 6 heteroatoms. The summed E-state index contributed by atoms with van der Waals surface area (Å²) in [6, 6.07) is 14.6. The van der Waals surface area contributed by atoms with Gasteiger partial charge < -0.3 is 10.2 Å². The van der Waals surface area contributed by atoms with E-state index in [0.29, 0.717) is 5.02 Å². The predicted molar refractivity (Wildman–Crippen MR) is 141 cm³/mol. The molecule has 2 aromatic carbocycles. The van der Waals surface area contributed by atoms with Gasteiger partial charge in [-0.05, 0) is 43.4 Å². The zero-order valence-corrected chi connectivity index (χ0v) is 23.7. The van der Waals surface area contributed by atoms with E-state index in [0.717, 1.165) is 42.0 Å². The normalized spacial score (nSPS) is 15.9. The molecule has 2 aliphatic rings. The molecule has 0 aromatic heterocycles. The van der Waals surface area contributed by atoms with Crippen LogP contribution >= 0.6 is 11.6 Å². The third-order valence-electron chi connectivity index (χ3n) is 6.37. The Bertz CT molecular complexity index is 1080. The summed E-state index contributed by atoms with van der Waals surface area (Å²) in [5.41, 5.74) is 8.57. The fourth-order valence-corrected chi connectivity index (χ4v) is 4.80. The summed E-state index contributed by atoms with van der Waals surface area (Å²) in [5, 5.41) is 10.4. The van der Waals surface area contributed by atoms with Crippen LogP contribution < -0.4 is 5.32 Å². The van der Waals surface area contributed by atoms with Gasteiger partial charge in [0.05, 0.1) is 22.6 Å². The Morgan fingerprint density at radius 3 is 2.50 bits per heavy atom. The van der Waals surface area contributed by atoms with Crippen LogP contribution in [0.3, 0.4) is 0 Å². The van der Waals surface area contributed by atoms with E-state index in [2.05, 4.69) is 52.7 Å². The molecule has 0 atom stereocenters. The van der Waals surface area contributed by atoms with Crippen LogP contribution in [-0.2, 0) is 39.1 Å². The predicted octanol–water partition coefficient (Wildman–Crippen LogP) is 6.25. The number of likely N-dealkylation sites (tertiary alicyclic amines) is 1. The van der Waals surface area contributed by atoms with Gasteiger partial charge in [-0.15, -0.1) is 6.42 Å². The molecule has 2 aliphatic heterocycles. The number of likely N-dealkylation sites (N-methyl/N-ethyl adjacent to an activating group) is 1. The number of aryl methyl sites for hydroxylation is 1. The van der Waals surface area contributed by atoms with Crippen molar-refractivity contribution in [2.24, 2.45) is 5.10 Å². The van der Waals surface area contributed by atoms with Crippen molar-refractivity contribution in [2.75, 3.05) is 20.1 Å². The van der Waals surface area contributed by atoms with Crippen molar-refractivity contribution < 1.29 is 32.7 Å². The maximum absolute atomic E-state index is 6.36.